The molecular formula is C50H44F6N10O5. The van der Waals surface area contributed by atoms with Crippen LogP contribution in [0.2, 0.25) is 0 Å². The van der Waals surface area contributed by atoms with Crippen LogP contribution in [0.3, 0.4) is 0 Å². The van der Waals surface area contributed by atoms with Gasteiger partial charge in [-0.25, -0.2) is 9.97 Å². The van der Waals surface area contributed by atoms with Gasteiger partial charge in [-0.1, -0.05) is 36.4 Å². The van der Waals surface area contributed by atoms with E-state index in [2.05, 4.69) is 36.1 Å². The summed E-state index contributed by atoms with van der Waals surface area (Å²) in [6.07, 6.45) is -8.52. The van der Waals surface area contributed by atoms with Gasteiger partial charge < -0.3 is 50.3 Å². The number of halogens is 6. The third kappa shape index (κ3) is 9.03. The second-order valence-electron chi connectivity index (χ2n) is 17.6. The zero-order valence-electron chi connectivity index (χ0n) is 38.3. The summed E-state index contributed by atoms with van der Waals surface area (Å²) >= 11 is 0. The number of aromatic nitrogens is 2. The molecule has 1 fully saturated rings. The number of carbonyl (C=O) groups excluding carboxylic acids is 3. The first kappa shape index (κ1) is 46.6. The number of hydrogen-bond donors (Lipinski definition) is 4. The molecule has 0 aliphatic carbocycles. The van der Waals surface area contributed by atoms with Crippen LogP contribution in [0.4, 0.5) is 77.8 Å². The number of nitrogens with one attached hydrogen (secondary N) is 4. The van der Waals surface area contributed by atoms with Crippen LogP contribution in [0.25, 0.3) is 0 Å². The van der Waals surface area contributed by atoms with Gasteiger partial charge in [0.1, 0.15) is 17.4 Å². The summed E-state index contributed by atoms with van der Waals surface area (Å²) in [5, 5.41) is 11.8. The highest BCUT2D eigenvalue weighted by Crippen LogP contribution is 2.42. The SMILES string of the molecule is COc1cc(N2CCOC(CN3Cc4cccc(Nc5cc(Nc6cccc7c6C(=O)N(C)C7)c(C(F)(F)F)cn5)c4C3=O)C2)ccc1Nc1cc(Nc2cccc3c2C(=O)N(C)C3)c(C(F)(F)F)cn1. The van der Waals surface area contributed by atoms with Gasteiger partial charge in [0.05, 0.1) is 81.8 Å². The Labute approximate surface area is 402 Å². The van der Waals surface area contributed by atoms with Crippen molar-refractivity contribution in [2.75, 3.05) is 73.6 Å². The average Bonchev–Trinajstić information content (AvgIpc) is 3.93. The van der Waals surface area contributed by atoms with Crippen LogP contribution < -0.4 is 30.9 Å². The topological polar surface area (TPSA) is 157 Å². The molecular weight excluding hydrogens is 935 g/mol. The van der Waals surface area contributed by atoms with E-state index in [0.29, 0.717) is 89.5 Å². The number of carbonyl (C=O) groups is 3. The molecule has 1 saturated heterocycles. The maximum atomic E-state index is 14.3. The fourth-order valence-corrected chi connectivity index (χ4v) is 9.45. The minimum absolute atomic E-state index is 0.0363. The van der Waals surface area contributed by atoms with E-state index < -0.39 is 29.6 Å². The first-order valence-corrected chi connectivity index (χ1v) is 22.4. The maximum absolute atomic E-state index is 14.3. The molecule has 4 aliphatic heterocycles. The maximum Gasteiger partial charge on any atom is 0.419 e. The van der Waals surface area contributed by atoms with Gasteiger partial charge in [0.2, 0.25) is 0 Å². The van der Waals surface area contributed by atoms with Gasteiger partial charge >= 0.3 is 12.4 Å². The molecule has 6 aromatic rings. The highest BCUT2D eigenvalue weighted by atomic mass is 19.4. The molecule has 0 saturated carbocycles. The summed E-state index contributed by atoms with van der Waals surface area (Å²) in [6.45, 7) is 2.36. The van der Waals surface area contributed by atoms with E-state index in [1.807, 2.05) is 6.07 Å². The molecule has 3 amide bonds. The van der Waals surface area contributed by atoms with Crippen molar-refractivity contribution >= 4 is 69.2 Å². The first-order valence-electron chi connectivity index (χ1n) is 22.4. The Morgan fingerprint density at radius 2 is 1.11 bits per heavy atom. The van der Waals surface area contributed by atoms with E-state index in [4.69, 9.17) is 9.47 Å². The molecule has 1 atom stereocenters. The fourth-order valence-electron chi connectivity index (χ4n) is 9.45. The lowest BCUT2D eigenvalue weighted by molar-refractivity contribution is -0.138. The number of pyridine rings is 2. The largest absolute Gasteiger partial charge is 0.494 e. The van der Waals surface area contributed by atoms with Crippen molar-refractivity contribution in [3.8, 4) is 5.75 Å². The molecule has 71 heavy (non-hydrogen) atoms. The van der Waals surface area contributed by atoms with Crippen molar-refractivity contribution in [3.05, 3.63) is 142 Å². The van der Waals surface area contributed by atoms with Crippen molar-refractivity contribution in [1.29, 1.82) is 0 Å². The number of benzene rings is 4. The normalized spacial score (nSPS) is 16.6. The molecule has 4 N–H and O–H groups in total. The van der Waals surface area contributed by atoms with Gasteiger partial charge in [-0.15, -0.1) is 0 Å². The summed E-state index contributed by atoms with van der Waals surface area (Å²) in [4.78, 5) is 54.7. The van der Waals surface area contributed by atoms with E-state index >= 15 is 0 Å². The van der Waals surface area contributed by atoms with Crippen LogP contribution in [0.5, 0.6) is 5.75 Å². The number of morpholine rings is 1. The van der Waals surface area contributed by atoms with E-state index in [1.54, 1.807) is 85.7 Å². The van der Waals surface area contributed by atoms with Crippen LogP contribution >= 0.6 is 0 Å². The number of fused-ring (bicyclic) bond motifs is 3. The Bertz CT molecular complexity index is 3130. The van der Waals surface area contributed by atoms with Crippen LogP contribution in [-0.2, 0) is 36.7 Å². The molecule has 4 aromatic carbocycles. The summed E-state index contributed by atoms with van der Waals surface area (Å²) in [5.74, 6) is -0.433. The van der Waals surface area contributed by atoms with Crippen molar-refractivity contribution in [3.63, 3.8) is 0 Å². The molecule has 0 radical (unpaired) electrons. The number of rotatable bonds is 12. The van der Waals surface area contributed by atoms with Crippen molar-refractivity contribution in [1.82, 2.24) is 24.7 Å². The average molecular weight is 979 g/mol. The summed E-state index contributed by atoms with van der Waals surface area (Å²) in [7, 11) is 4.70. The molecule has 2 aromatic heterocycles. The van der Waals surface area contributed by atoms with Crippen molar-refractivity contribution < 1.29 is 50.2 Å². The summed E-state index contributed by atoms with van der Waals surface area (Å²) in [6, 6.07) is 22.9. The second kappa shape index (κ2) is 18.0. The predicted octanol–water partition coefficient (Wildman–Crippen LogP) is 9.53. The highest BCUT2D eigenvalue weighted by molar-refractivity contribution is 6.06. The van der Waals surface area contributed by atoms with Gasteiger partial charge in [-0.3, -0.25) is 14.4 Å². The smallest absolute Gasteiger partial charge is 0.419 e. The number of amides is 3. The lowest BCUT2D eigenvalue weighted by Gasteiger charge is -2.36. The highest BCUT2D eigenvalue weighted by Gasteiger charge is 2.38. The van der Waals surface area contributed by atoms with Crippen molar-refractivity contribution in [2.24, 2.45) is 0 Å². The number of ether oxygens (including phenoxy) is 2. The predicted molar refractivity (Wildman–Crippen MR) is 252 cm³/mol. The molecule has 21 heteroatoms. The van der Waals surface area contributed by atoms with E-state index in [0.717, 1.165) is 11.9 Å². The second-order valence-corrected chi connectivity index (χ2v) is 17.6. The Kier molecular flexibility index (Phi) is 11.8. The number of hydrogen-bond acceptors (Lipinski definition) is 12. The third-order valence-electron chi connectivity index (χ3n) is 12.8. The zero-order chi connectivity index (χ0) is 49.9. The van der Waals surface area contributed by atoms with Crippen LogP contribution in [0.15, 0.2) is 97.3 Å². The number of alkyl halides is 6. The molecule has 10 rings (SSSR count). The minimum Gasteiger partial charge on any atom is -0.494 e. The van der Waals surface area contributed by atoms with Gasteiger partial charge in [-0.2, -0.15) is 26.3 Å². The van der Waals surface area contributed by atoms with E-state index in [-0.39, 0.29) is 65.2 Å². The third-order valence-corrected chi connectivity index (χ3v) is 12.8. The van der Waals surface area contributed by atoms with Crippen LogP contribution in [0, 0.1) is 0 Å². The summed E-state index contributed by atoms with van der Waals surface area (Å²) in [5.41, 5.74) is 2.33. The molecule has 6 heterocycles. The van der Waals surface area contributed by atoms with Crippen LogP contribution in [0.1, 0.15) is 58.9 Å². The minimum atomic E-state index is -4.77. The van der Waals surface area contributed by atoms with Crippen molar-refractivity contribution in [2.45, 2.75) is 38.1 Å². The molecule has 0 bridgehead atoms. The van der Waals surface area contributed by atoms with Gasteiger partial charge in [0.15, 0.2) is 0 Å². The Morgan fingerprint density at radius 1 is 0.620 bits per heavy atom. The van der Waals surface area contributed by atoms with Crippen LogP contribution in [-0.4, -0.2) is 95.9 Å². The Morgan fingerprint density at radius 3 is 1.63 bits per heavy atom. The molecule has 0 spiro atoms. The number of methoxy groups -OCH3 is 1. The number of nitrogens with zero attached hydrogens (tertiary/aromatic N) is 6. The molecule has 366 valence electrons. The van der Waals surface area contributed by atoms with Gasteiger partial charge in [0.25, 0.3) is 17.7 Å². The molecule has 1 unspecified atom stereocenters. The Hall–Kier alpha value is -8.07. The fraction of sp³-hybridized carbons (Fsp3) is 0.260. The quantitative estimate of drug-likeness (QED) is 0.0863. The lowest BCUT2D eigenvalue weighted by Crippen LogP contribution is -2.47. The van der Waals surface area contributed by atoms with Gasteiger partial charge in [-0.05, 0) is 47.0 Å². The first-order chi connectivity index (χ1) is 33.9. The zero-order valence-corrected chi connectivity index (χ0v) is 38.3. The summed E-state index contributed by atoms with van der Waals surface area (Å²) < 4.78 is 97.5. The lowest BCUT2D eigenvalue weighted by atomic mass is 10.1. The van der Waals surface area contributed by atoms with E-state index in [1.165, 1.54) is 29.0 Å². The van der Waals surface area contributed by atoms with Gasteiger partial charge in [0, 0.05) is 89.6 Å². The Balaban J connectivity index is 0.824. The molecule has 4 aliphatic rings. The van der Waals surface area contributed by atoms with E-state index in [9.17, 15) is 40.7 Å². The monoisotopic (exact) mass is 978 g/mol. The molecule has 15 nitrogen and oxygen atoms in total. The standard InChI is InChI=1S/C50H44F6N10O5/c1-63-22-27-7-4-10-35(43(27)46(63)67)59-38-18-41(57-20-32(38)49(51,52)53)61-34-14-13-30(17-40(34)70-3)65-15-16-71-31(25-65)26-66-24-29-9-6-12-37(45(29)48(66)69)62-42-19-39(33(21-58-42)50(54,55)56)60-36-11-5-8-28-23-64(2)47(68)44(28)36/h4-14,17-21,31H,15-16,22-26H2,1-3H3,(H2,57,59,61)(H2,58,60,62). The number of anilines is 9.